The molecule has 10 nitrogen and oxygen atoms in total. The molecule has 6 atom stereocenters. The van der Waals surface area contributed by atoms with Crippen LogP contribution in [0, 0.1) is 0 Å². The van der Waals surface area contributed by atoms with Crippen molar-refractivity contribution in [1.29, 1.82) is 0 Å². The monoisotopic (exact) mass is 717 g/mol. The van der Waals surface area contributed by atoms with Gasteiger partial charge in [-0.25, -0.2) is 0 Å². The number of ether oxygens (including phenoxy) is 4. The first-order chi connectivity index (χ1) is 24.3. The van der Waals surface area contributed by atoms with Gasteiger partial charge in [-0.3, -0.25) is 9.59 Å². The zero-order valence-corrected chi connectivity index (χ0v) is 31.9. The molecule has 296 valence electrons. The van der Waals surface area contributed by atoms with Crippen LogP contribution in [0.2, 0.25) is 0 Å². The van der Waals surface area contributed by atoms with E-state index in [1.807, 2.05) is 0 Å². The van der Waals surface area contributed by atoms with Crippen LogP contribution < -0.4 is 0 Å². The minimum atomic E-state index is -1.59. The Morgan fingerprint density at radius 1 is 0.540 bits per heavy atom. The van der Waals surface area contributed by atoms with Crippen molar-refractivity contribution in [2.75, 3.05) is 19.8 Å². The second kappa shape index (κ2) is 32.4. The van der Waals surface area contributed by atoms with Gasteiger partial charge in [0.05, 0.1) is 13.2 Å². The molecule has 1 fully saturated rings. The van der Waals surface area contributed by atoms with Crippen LogP contribution in [-0.2, 0) is 28.5 Å². The summed E-state index contributed by atoms with van der Waals surface area (Å²) in [5.74, 6) is -0.810. The molecule has 1 aliphatic heterocycles. The van der Waals surface area contributed by atoms with E-state index in [1.54, 1.807) is 0 Å². The normalized spacial score (nSPS) is 21.3. The third-order valence-corrected chi connectivity index (χ3v) is 9.74. The van der Waals surface area contributed by atoms with E-state index in [-0.39, 0.29) is 32.0 Å². The molecular formula is C40H76O10. The fourth-order valence-corrected chi connectivity index (χ4v) is 6.42. The zero-order chi connectivity index (χ0) is 36.7. The highest BCUT2D eigenvalue weighted by atomic mass is 16.7. The zero-order valence-electron chi connectivity index (χ0n) is 31.9. The SMILES string of the molecule is CCCCCCCCCCCCCCCCCCCCCCC(=O)OC(COC(=O)CCCCCCC)COC1OC(CO)C(O)C(O)C1O. The first-order valence-corrected chi connectivity index (χ1v) is 20.6. The van der Waals surface area contributed by atoms with Crippen molar-refractivity contribution in [3.8, 4) is 0 Å². The van der Waals surface area contributed by atoms with Gasteiger partial charge in [0.15, 0.2) is 12.4 Å². The van der Waals surface area contributed by atoms with Crippen molar-refractivity contribution < 1.29 is 49.0 Å². The Hall–Kier alpha value is -1.30. The van der Waals surface area contributed by atoms with Gasteiger partial charge in [0.2, 0.25) is 0 Å². The third kappa shape index (κ3) is 24.0. The Morgan fingerprint density at radius 2 is 0.940 bits per heavy atom. The van der Waals surface area contributed by atoms with E-state index < -0.39 is 49.4 Å². The minimum Gasteiger partial charge on any atom is -0.462 e. The first kappa shape index (κ1) is 46.7. The number of carbonyl (C=O) groups excluding carboxylic acids is 2. The van der Waals surface area contributed by atoms with Crippen LogP contribution in [0.3, 0.4) is 0 Å². The van der Waals surface area contributed by atoms with Gasteiger partial charge in [0, 0.05) is 12.8 Å². The molecule has 10 heteroatoms. The van der Waals surface area contributed by atoms with Gasteiger partial charge in [0.25, 0.3) is 0 Å². The van der Waals surface area contributed by atoms with Crippen LogP contribution in [-0.4, -0.2) is 89.0 Å². The Morgan fingerprint density at radius 3 is 1.36 bits per heavy atom. The molecule has 0 aromatic carbocycles. The van der Waals surface area contributed by atoms with Crippen molar-refractivity contribution >= 4 is 11.9 Å². The molecule has 6 unspecified atom stereocenters. The molecule has 0 aromatic heterocycles. The molecule has 0 amide bonds. The molecule has 4 N–H and O–H groups in total. The molecule has 0 aliphatic carbocycles. The van der Waals surface area contributed by atoms with Gasteiger partial charge in [-0.15, -0.1) is 0 Å². The van der Waals surface area contributed by atoms with Crippen molar-refractivity contribution in [1.82, 2.24) is 0 Å². The molecule has 1 heterocycles. The average Bonchev–Trinajstić information content (AvgIpc) is 3.11. The quantitative estimate of drug-likeness (QED) is 0.0383. The lowest BCUT2D eigenvalue weighted by Crippen LogP contribution is -2.59. The number of carbonyl (C=O) groups is 2. The molecule has 1 rings (SSSR count). The summed E-state index contributed by atoms with van der Waals surface area (Å²) in [4.78, 5) is 25.0. The number of hydrogen-bond acceptors (Lipinski definition) is 10. The maximum atomic E-state index is 12.7. The van der Waals surface area contributed by atoms with E-state index in [9.17, 15) is 30.0 Å². The molecule has 50 heavy (non-hydrogen) atoms. The highest BCUT2D eigenvalue weighted by Crippen LogP contribution is 2.23. The lowest BCUT2D eigenvalue weighted by Gasteiger charge is -2.39. The summed E-state index contributed by atoms with van der Waals surface area (Å²) < 4.78 is 21.9. The van der Waals surface area contributed by atoms with E-state index in [2.05, 4.69) is 13.8 Å². The minimum absolute atomic E-state index is 0.212. The Balaban J connectivity index is 2.22. The number of hydrogen-bond donors (Lipinski definition) is 4. The smallest absolute Gasteiger partial charge is 0.306 e. The molecule has 0 bridgehead atoms. The second-order valence-electron chi connectivity index (χ2n) is 14.5. The first-order valence-electron chi connectivity index (χ1n) is 20.6. The van der Waals surface area contributed by atoms with Crippen LogP contribution in [0.5, 0.6) is 0 Å². The predicted molar refractivity (Wildman–Crippen MR) is 197 cm³/mol. The van der Waals surface area contributed by atoms with Gasteiger partial charge in [-0.1, -0.05) is 162 Å². The van der Waals surface area contributed by atoms with Crippen molar-refractivity contribution in [3.63, 3.8) is 0 Å². The Bertz CT molecular complexity index is 794. The summed E-state index contributed by atoms with van der Waals surface area (Å²) in [6, 6.07) is 0. The number of unbranched alkanes of at least 4 members (excludes halogenated alkanes) is 23. The molecule has 0 spiro atoms. The van der Waals surface area contributed by atoms with Crippen LogP contribution in [0.1, 0.15) is 187 Å². The van der Waals surface area contributed by atoms with Gasteiger partial charge < -0.3 is 39.4 Å². The molecule has 0 aromatic rings. The van der Waals surface area contributed by atoms with E-state index >= 15 is 0 Å². The number of rotatable bonds is 34. The third-order valence-electron chi connectivity index (χ3n) is 9.74. The highest BCUT2D eigenvalue weighted by molar-refractivity contribution is 5.70. The van der Waals surface area contributed by atoms with E-state index in [1.165, 1.54) is 103 Å². The summed E-state index contributed by atoms with van der Waals surface area (Å²) >= 11 is 0. The van der Waals surface area contributed by atoms with Crippen LogP contribution in [0.25, 0.3) is 0 Å². The highest BCUT2D eigenvalue weighted by Gasteiger charge is 2.44. The lowest BCUT2D eigenvalue weighted by molar-refractivity contribution is -0.305. The van der Waals surface area contributed by atoms with Crippen molar-refractivity contribution in [2.45, 2.75) is 224 Å². The average molecular weight is 717 g/mol. The van der Waals surface area contributed by atoms with Gasteiger partial charge in [-0.05, 0) is 12.8 Å². The lowest BCUT2D eigenvalue weighted by atomic mass is 9.99. The predicted octanol–water partition coefficient (Wildman–Crippen LogP) is 7.83. The van der Waals surface area contributed by atoms with Gasteiger partial charge in [-0.2, -0.15) is 0 Å². The topological polar surface area (TPSA) is 152 Å². The van der Waals surface area contributed by atoms with Crippen LogP contribution in [0.15, 0.2) is 0 Å². The number of esters is 2. The van der Waals surface area contributed by atoms with Crippen LogP contribution >= 0.6 is 0 Å². The Kier molecular flexibility index (Phi) is 30.2. The van der Waals surface area contributed by atoms with Gasteiger partial charge >= 0.3 is 11.9 Å². The molecule has 1 saturated heterocycles. The Labute approximate surface area is 304 Å². The molecule has 1 aliphatic rings. The van der Waals surface area contributed by atoms with Crippen molar-refractivity contribution in [3.05, 3.63) is 0 Å². The summed E-state index contributed by atoms with van der Waals surface area (Å²) in [7, 11) is 0. The molecular weight excluding hydrogens is 640 g/mol. The maximum Gasteiger partial charge on any atom is 0.306 e. The van der Waals surface area contributed by atoms with E-state index in [0.29, 0.717) is 6.42 Å². The summed E-state index contributed by atoms with van der Waals surface area (Å²) in [5.41, 5.74) is 0. The van der Waals surface area contributed by atoms with Crippen LogP contribution in [0.4, 0.5) is 0 Å². The standard InChI is InChI=1S/C40H76O10/c1-3-5-7-9-10-11-12-13-14-15-16-17-18-19-20-21-22-23-25-27-29-36(43)49-33(31-47-35(42)28-26-24-8-6-4-2)32-48-40-39(46)38(45)37(44)34(30-41)50-40/h33-34,37-41,44-46H,3-32H2,1-2H3. The summed E-state index contributed by atoms with van der Waals surface area (Å²) in [5, 5.41) is 39.8. The van der Waals surface area contributed by atoms with Crippen molar-refractivity contribution in [2.24, 2.45) is 0 Å². The molecule has 0 saturated carbocycles. The van der Waals surface area contributed by atoms with E-state index in [4.69, 9.17) is 18.9 Å². The largest absolute Gasteiger partial charge is 0.462 e. The second-order valence-corrected chi connectivity index (χ2v) is 14.5. The van der Waals surface area contributed by atoms with Gasteiger partial charge in [0.1, 0.15) is 31.0 Å². The maximum absolute atomic E-state index is 12.7. The number of aliphatic hydroxyl groups is 4. The number of aliphatic hydroxyl groups excluding tert-OH is 4. The van der Waals surface area contributed by atoms with E-state index in [0.717, 1.165) is 51.4 Å². The fraction of sp³-hybridized carbons (Fsp3) is 0.950. The summed E-state index contributed by atoms with van der Waals surface area (Å²) in [6.45, 7) is 3.34. The molecule has 0 radical (unpaired) electrons. The summed E-state index contributed by atoms with van der Waals surface area (Å²) in [6.07, 6.45) is 23.1. The fourth-order valence-electron chi connectivity index (χ4n) is 6.42.